The Kier molecular flexibility index (Phi) is 8.22. The van der Waals surface area contributed by atoms with E-state index in [1.54, 1.807) is 7.11 Å². The van der Waals surface area contributed by atoms with Crippen LogP contribution in [0.15, 0.2) is 0 Å². The fourth-order valence-electron chi connectivity index (χ4n) is 2.26. The molecule has 0 radical (unpaired) electrons. The molecular formula is C16H31N3OS. The molecule has 0 amide bonds. The van der Waals surface area contributed by atoms with E-state index in [1.807, 2.05) is 18.4 Å². The lowest BCUT2D eigenvalue weighted by atomic mass is 10.0. The minimum Gasteiger partial charge on any atom is -0.383 e. The molecule has 5 heteroatoms. The van der Waals surface area contributed by atoms with Gasteiger partial charge in [-0.3, -0.25) is 0 Å². The van der Waals surface area contributed by atoms with Gasteiger partial charge in [-0.2, -0.15) is 0 Å². The van der Waals surface area contributed by atoms with Crippen LogP contribution in [-0.2, 0) is 11.3 Å². The lowest BCUT2D eigenvalue weighted by molar-refractivity contribution is 0.204. The summed E-state index contributed by atoms with van der Waals surface area (Å²) in [7, 11) is 3.75. The van der Waals surface area contributed by atoms with Crippen molar-refractivity contribution >= 4 is 16.5 Å². The Labute approximate surface area is 133 Å². The number of hydrogen-bond donors (Lipinski definition) is 1. The molecule has 0 aliphatic rings. The van der Waals surface area contributed by atoms with E-state index in [0.29, 0.717) is 11.8 Å². The van der Waals surface area contributed by atoms with Gasteiger partial charge in [0.05, 0.1) is 12.3 Å². The second-order valence-electron chi connectivity index (χ2n) is 5.98. The number of aromatic nitrogens is 1. The van der Waals surface area contributed by atoms with Crippen LogP contribution in [-0.4, -0.2) is 38.8 Å². The van der Waals surface area contributed by atoms with E-state index < -0.39 is 0 Å². The predicted molar refractivity (Wildman–Crippen MR) is 92.5 cm³/mol. The minimum atomic E-state index is 0.515. The van der Waals surface area contributed by atoms with E-state index in [0.717, 1.165) is 37.8 Å². The molecule has 0 bridgehead atoms. The van der Waals surface area contributed by atoms with Crippen LogP contribution in [0.5, 0.6) is 0 Å². The summed E-state index contributed by atoms with van der Waals surface area (Å²) in [5.41, 5.74) is 1.26. The van der Waals surface area contributed by atoms with Crippen LogP contribution in [0.4, 0.5) is 5.13 Å². The van der Waals surface area contributed by atoms with Gasteiger partial charge in [0.15, 0.2) is 5.13 Å². The monoisotopic (exact) mass is 313 g/mol. The third kappa shape index (κ3) is 5.57. The molecule has 0 aliphatic carbocycles. The highest BCUT2D eigenvalue weighted by Gasteiger charge is 2.19. The molecule has 4 nitrogen and oxygen atoms in total. The van der Waals surface area contributed by atoms with Gasteiger partial charge < -0.3 is 15.0 Å². The smallest absolute Gasteiger partial charge is 0.185 e. The summed E-state index contributed by atoms with van der Waals surface area (Å²) in [6.45, 7) is 12.6. The first-order valence-electron chi connectivity index (χ1n) is 7.91. The van der Waals surface area contributed by atoms with Gasteiger partial charge in [-0.05, 0) is 25.3 Å². The summed E-state index contributed by atoms with van der Waals surface area (Å²) in [5.74, 6) is 1.13. The normalized spacial score (nSPS) is 12.9. The van der Waals surface area contributed by atoms with Crippen molar-refractivity contribution in [2.24, 2.45) is 5.92 Å². The zero-order valence-electron chi connectivity index (χ0n) is 14.4. The molecule has 1 aromatic rings. The van der Waals surface area contributed by atoms with Crippen molar-refractivity contribution in [3.05, 3.63) is 10.6 Å². The number of nitrogens with zero attached hydrogens (tertiary/aromatic N) is 2. The van der Waals surface area contributed by atoms with Crippen LogP contribution >= 0.6 is 11.3 Å². The van der Waals surface area contributed by atoms with Gasteiger partial charge in [0.1, 0.15) is 0 Å². The van der Waals surface area contributed by atoms with Gasteiger partial charge in [0, 0.05) is 31.6 Å². The molecule has 21 heavy (non-hydrogen) atoms. The molecule has 0 fully saturated rings. The van der Waals surface area contributed by atoms with Crippen molar-refractivity contribution in [2.45, 2.75) is 46.6 Å². The third-order valence-electron chi connectivity index (χ3n) is 3.55. The SMILES string of the molecule is CCC(C)c1nc(N(CCOC)CC(C)C)sc1CNC. The first kappa shape index (κ1) is 18.4. The van der Waals surface area contributed by atoms with Gasteiger partial charge >= 0.3 is 0 Å². The van der Waals surface area contributed by atoms with Gasteiger partial charge in [-0.1, -0.05) is 27.7 Å². The number of ether oxygens (including phenoxy) is 1. The third-order valence-corrected chi connectivity index (χ3v) is 4.69. The number of thiazole rings is 1. The molecule has 1 N–H and O–H groups in total. The molecule has 0 aromatic carbocycles. The molecule has 0 saturated heterocycles. The fraction of sp³-hybridized carbons (Fsp3) is 0.812. The highest BCUT2D eigenvalue weighted by molar-refractivity contribution is 7.15. The molecule has 1 rings (SSSR count). The van der Waals surface area contributed by atoms with Gasteiger partial charge in [-0.15, -0.1) is 11.3 Å². The quantitative estimate of drug-likeness (QED) is 0.717. The van der Waals surface area contributed by atoms with E-state index in [4.69, 9.17) is 9.72 Å². The molecule has 1 unspecified atom stereocenters. The Morgan fingerprint density at radius 1 is 1.33 bits per heavy atom. The Bertz CT molecular complexity index is 406. The standard InChI is InChI=1S/C16H31N3OS/c1-7-13(4)15-14(10-17-5)21-16(18-15)19(8-9-20-6)11-12(2)3/h12-13,17H,7-11H2,1-6H3. The Morgan fingerprint density at radius 2 is 2.05 bits per heavy atom. The van der Waals surface area contributed by atoms with E-state index in [1.165, 1.54) is 10.6 Å². The lowest BCUT2D eigenvalue weighted by Gasteiger charge is -2.23. The van der Waals surface area contributed by atoms with Crippen LogP contribution < -0.4 is 10.2 Å². The topological polar surface area (TPSA) is 37.4 Å². The van der Waals surface area contributed by atoms with Crippen LogP contribution in [0.2, 0.25) is 0 Å². The summed E-state index contributed by atoms with van der Waals surface area (Å²) < 4.78 is 5.25. The average molecular weight is 314 g/mol. The van der Waals surface area contributed by atoms with E-state index >= 15 is 0 Å². The highest BCUT2D eigenvalue weighted by Crippen LogP contribution is 2.32. The number of anilines is 1. The van der Waals surface area contributed by atoms with Gasteiger partial charge in [0.25, 0.3) is 0 Å². The van der Waals surface area contributed by atoms with Crippen LogP contribution in [0.3, 0.4) is 0 Å². The maximum absolute atomic E-state index is 5.25. The predicted octanol–water partition coefficient (Wildman–Crippen LogP) is 3.48. The largest absolute Gasteiger partial charge is 0.383 e. The molecule has 0 spiro atoms. The second-order valence-corrected chi connectivity index (χ2v) is 7.04. The average Bonchev–Trinajstić information content (AvgIpc) is 2.86. The Morgan fingerprint density at radius 3 is 2.57 bits per heavy atom. The number of hydrogen-bond acceptors (Lipinski definition) is 5. The van der Waals surface area contributed by atoms with Crippen molar-refractivity contribution < 1.29 is 4.74 Å². The van der Waals surface area contributed by atoms with Crippen LogP contribution in [0, 0.1) is 5.92 Å². The Balaban J connectivity index is 3.00. The Hall–Kier alpha value is -0.650. The number of methoxy groups -OCH3 is 1. The maximum atomic E-state index is 5.25. The van der Waals surface area contributed by atoms with Crippen molar-refractivity contribution in [1.29, 1.82) is 0 Å². The van der Waals surface area contributed by atoms with Crippen LogP contribution in [0.1, 0.15) is 50.6 Å². The molecule has 1 aromatic heterocycles. The summed E-state index contributed by atoms with van der Waals surface area (Å²) in [5, 5.41) is 4.41. The van der Waals surface area contributed by atoms with Crippen molar-refractivity contribution in [3.8, 4) is 0 Å². The summed E-state index contributed by atoms with van der Waals surface area (Å²) in [4.78, 5) is 8.69. The summed E-state index contributed by atoms with van der Waals surface area (Å²) >= 11 is 1.83. The van der Waals surface area contributed by atoms with Crippen molar-refractivity contribution in [2.75, 3.05) is 38.8 Å². The second kappa shape index (κ2) is 9.38. The number of nitrogens with one attached hydrogen (secondary N) is 1. The molecule has 1 atom stereocenters. The molecule has 122 valence electrons. The van der Waals surface area contributed by atoms with Gasteiger partial charge in [0.2, 0.25) is 0 Å². The fourth-order valence-corrected chi connectivity index (χ4v) is 3.49. The van der Waals surface area contributed by atoms with E-state index in [2.05, 4.69) is 37.9 Å². The maximum Gasteiger partial charge on any atom is 0.185 e. The minimum absolute atomic E-state index is 0.515. The zero-order valence-corrected chi connectivity index (χ0v) is 15.2. The molecule has 0 aliphatic heterocycles. The highest BCUT2D eigenvalue weighted by atomic mass is 32.1. The number of rotatable bonds is 10. The van der Waals surface area contributed by atoms with Crippen molar-refractivity contribution in [1.82, 2.24) is 10.3 Å². The molecular weight excluding hydrogens is 282 g/mol. The molecule has 0 saturated carbocycles. The van der Waals surface area contributed by atoms with Crippen LogP contribution in [0.25, 0.3) is 0 Å². The molecule has 1 heterocycles. The van der Waals surface area contributed by atoms with Crippen molar-refractivity contribution in [3.63, 3.8) is 0 Å². The van der Waals surface area contributed by atoms with Gasteiger partial charge in [-0.25, -0.2) is 4.98 Å². The van der Waals surface area contributed by atoms with E-state index in [9.17, 15) is 0 Å². The summed E-state index contributed by atoms with van der Waals surface area (Å²) in [6.07, 6.45) is 1.13. The first-order chi connectivity index (χ1) is 10.0. The van der Waals surface area contributed by atoms with E-state index in [-0.39, 0.29) is 0 Å². The summed E-state index contributed by atoms with van der Waals surface area (Å²) in [6, 6.07) is 0. The zero-order chi connectivity index (χ0) is 15.8. The lowest BCUT2D eigenvalue weighted by Crippen LogP contribution is -2.30. The first-order valence-corrected chi connectivity index (χ1v) is 8.73.